The number of nitrogens with one attached hydrogen (secondary N) is 3. The molecular formula is C22H18F2N4O2. The van der Waals surface area contributed by atoms with Gasteiger partial charge in [0.25, 0.3) is 11.5 Å². The number of likely N-dealkylation sites (N-methyl/N-ethyl adjacent to an activating group) is 1. The molecule has 0 aliphatic carbocycles. The number of pyridine rings is 1. The molecule has 0 radical (unpaired) electrons. The van der Waals surface area contributed by atoms with Crippen LogP contribution in [0.1, 0.15) is 27.8 Å². The van der Waals surface area contributed by atoms with Crippen LogP contribution in [0.15, 0.2) is 47.3 Å². The molecule has 0 saturated carbocycles. The zero-order chi connectivity index (χ0) is 21.0. The first kappa shape index (κ1) is 18.5. The van der Waals surface area contributed by atoms with Gasteiger partial charge in [0.15, 0.2) is 11.6 Å². The van der Waals surface area contributed by atoms with Gasteiger partial charge in [-0.2, -0.15) is 0 Å². The molecule has 0 spiro atoms. The lowest BCUT2D eigenvalue weighted by Crippen LogP contribution is -2.42. The Morgan fingerprint density at radius 2 is 1.80 bits per heavy atom. The number of hydrogen-bond donors (Lipinski definition) is 3. The molecule has 1 amide bonds. The lowest BCUT2D eigenvalue weighted by Gasteiger charge is -2.34. The summed E-state index contributed by atoms with van der Waals surface area (Å²) in [7, 11) is 1.66. The highest BCUT2D eigenvalue weighted by Crippen LogP contribution is 2.32. The molecule has 3 heterocycles. The van der Waals surface area contributed by atoms with Crippen LogP contribution in [0.2, 0.25) is 0 Å². The van der Waals surface area contributed by atoms with Crippen molar-refractivity contribution in [1.82, 2.24) is 20.2 Å². The van der Waals surface area contributed by atoms with Crippen molar-refractivity contribution >= 4 is 27.6 Å². The second kappa shape index (κ2) is 6.77. The second-order valence-electron chi connectivity index (χ2n) is 7.49. The Kier molecular flexibility index (Phi) is 4.18. The molecule has 2 aromatic carbocycles. The minimum absolute atomic E-state index is 0.0611. The van der Waals surface area contributed by atoms with Gasteiger partial charge in [-0.25, -0.2) is 8.78 Å². The van der Waals surface area contributed by atoms with E-state index in [1.54, 1.807) is 18.0 Å². The number of rotatable bonds is 2. The summed E-state index contributed by atoms with van der Waals surface area (Å²) in [6.07, 6.45) is 0. The first-order valence-corrected chi connectivity index (χ1v) is 9.53. The lowest BCUT2D eigenvalue weighted by atomic mass is 9.93. The van der Waals surface area contributed by atoms with Gasteiger partial charge in [0, 0.05) is 42.3 Å². The van der Waals surface area contributed by atoms with Gasteiger partial charge in [0.2, 0.25) is 0 Å². The number of H-pyrrole nitrogens is 2. The third-order valence-corrected chi connectivity index (χ3v) is 5.71. The van der Waals surface area contributed by atoms with E-state index >= 15 is 0 Å². The van der Waals surface area contributed by atoms with Gasteiger partial charge in [0.1, 0.15) is 5.69 Å². The number of nitrogens with zero attached hydrogens (tertiary/aromatic N) is 1. The number of carbonyl (C=O) groups is 1. The predicted molar refractivity (Wildman–Crippen MR) is 109 cm³/mol. The fourth-order valence-corrected chi connectivity index (χ4v) is 4.20. The van der Waals surface area contributed by atoms with Gasteiger partial charge in [0.05, 0.1) is 11.4 Å². The van der Waals surface area contributed by atoms with Crippen molar-refractivity contribution in [2.75, 3.05) is 13.6 Å². The smallest absolute Gasteiger partial charge is 0.270 e. The van der Waals surface area contributed by atoms with E-state index in [4.69, 9.17) is 0 Å². The summed E-state index contributed by atoms with van der Waals surface area (Å²) in [5, 5.41) is 4.48. The van der Waals surface area contributed by atoms with E-state index in [0.29, 0.717) is 35.4 Å². The molecule has 1 aliphatic heterocycles. The van der Waals surface area contributed by atoms with Crippen LogP contribution in [-0.4, -0.2) is 34.4 Å². The first-order chi connectivity index (χ1) is 14.4. The maximum atomic E-state index is 14.0. The molecule has 1 aliphatic rings. The molecule has 0 saturated heterocycles. The largest absolute Gasteiger partial charge is 0.351 e. The Labute approximate surface area is 169 Å². The molecule has 4 aromatic rings. The van der Waals surface area contributed by atoms with E-state index in [1.807, 2.05) is 24.3 Å². The highest BCUT2D eigenvalue weighted by Gasteiger charge is 2.31. The fraction of sp³-hybridized carbons (Fsp3) is 0.182. The van der Waals surface area contributed by atoms with Crippen LogP contribution < -0.4 is 10.9 Å². The summed E-state index contributed by atoms with van der Waals surface area (Å²) in [5.41, 5.74) is 1.97. The van der Waals surface area contributed by atoms with Crippen LogP contribution in [0, 0.1) is 11.6 Å². The molecule has 6 nitrogen and oxygen atoms in total. The van der Waals surface area contributed by atoms with Gasteiger partial charge >= 0.3 is 0 Å². The van der Waals surface area contributed by atoms with E-state index in [9.17, 15) is 18.4 Å². The number of fused-ring (bicyclic) bond motifs is 4. The summed E-state index contributed by atoms with van der Waals surface area (Å²) in [6, 6.07) is 10.8. The molecule has 30 heavy (non-hydrogen) atoms. The quantitative estimate of drug-likeness (QED) is 0.477. The van der Waals surface area contributed by atoms with Crippen LogP contribution in [-0.2, 0) is 6.54 Å². The SMILES string of the molecule is CN(C(=O)c1cc2ccccc2[nH]1)C1CNCc2[nH]c(=O)c3cc(F)c(F)cc3c21. The number of carbonyl (C=O) groups excluding carboxylic acids is 1. The minimum atomic E-state index is -1.08. The molecule has 0 bridgehead atoms. The van der Waals surface area contributed by atoms with Gasteiger partial charge in [-0.05, 0) is 29.7 Å². The summed E-state index contributed by atoms with van der Waals surface area (Å²) < 4.78 is 27.8. The van der Waals surface area contributed by atoms with Crippen molar-refractivity contribution in [2.24, 2.45) is 0 Å². The highest BCUT2D eigenvalue weighted by atomic mass is 19.2. The number of aromatic amines is 2. The zero-order valence-corrected chi connectivity index (χ0v) is 16.1. The Morgan fingerprint density at radius 1 is 1.07 bits per heavy atom. The Balaban J connectivity index is 1.63. The average molecular weight is 408 g/mol. The molecule has 152 valence electrons. The van der Waals surface area contributed by atoms with Crippen molar-refractivity contribution < 1.29 is 13.6 Å². The summed E-state index contributed by atoms with van der Waals surface area (Å²) >= 11 is 0. The van der Waals surface area contributed by atoms with E-state index < -0.39 is 23.2 Å². The maximum absolute atomic E-state index is 14.0. The average Bonchev–Trinajstić information content (AvgIpc) is 3.18. The van der Waals surface area contributed by atoms with Crippen LogP contribution in [0.5, 0.6) is 0 Å². The van der Waals surface area contributed by atoms with Crippen LogP contribution >= 0.6 is 0 Å². The molecule has 1 atom stereocenters. The number of amides is 1. The minimum Gasteiger partial charge on any atom is -0.351 e. The Morgan fingerprint density at radius 3 is 2.57 bits per heavy atom. The molecule has 2 aromatic heterocycles. The van der Waals surface area contributed by atoms with Gasteiger partial charge in [-0.15, -0.1) is 0 Å². The van der Waals surface area contributed by atoms with Gasteiger partial charge in [-0.3, -0.25) is 9.59 Å². The van der Waals surface area contributed by atoms with Crippen molar-refractivity contribution in [3.05, 3.63) is 81.4 Å². The molecule has 5 rings (SSSR count). The van der Waals surface area contributed by atoms with E-state index in [2.05, 4.69) is 15.3 Å². The molecule has 8 heteroatoms. The van der Waals surface area contributed by atoms with Crippen LogP contribution in [0.3, 0.4) is 0 Å². The fourth-order valence-electron chi connectivity index (χ4n) is 4.20. The highest BCUT2D eigenvalue weighted by molar-refractivity contribution is 5.98. The molecule has 1 unspecified atom stereocenters. The van der Waals surface area contributed by atoms with E-state index in [0.717, 1.165) is 23.0 Å². The normalized spacial score (nSPS) is 16.0. The van der Waals surface area contributed by atoms with E-state index in [1.165, 1.54) is 0 Å². The topological polar surface area (TPSA) is 81.0 Å². The summed E-state index contributed by atoms with van der Waals surface area (Å²) in [6.45, 7) is 0.778. The summed E-state index contributed by atoms with van der Waals surface area (Å²) in [5.74, 6) is -2.36. The van der Waals surface area contributed by atoms with Crippen molar-refractivity contribution in [3.8, 4) is 0 Å². The van der Waals surface area contributed by atoms with Crippen molar-refractivity contribution in [2.45, 2.75) is 12.6 Å². The van der Waals surface area contributed by atoms with E-state index in [-0.39, 0.29) is 11.3 Å². The van der Waals surface area contributed by atoms with Gasteiger partial charge < -0.3 is 20.2 Å². The molecule has 0 fully saturated rings. The molecular weight excluding hydrogens is 390 g/mol. The Bertz CT molecular complexity index is 1340. The standard InChI is InChI=1S/C22H18F2N4O2/c1-28(22(30)17-6-11-4-2-3-5-16(11)26-17)19-10-25-9-18-20(19)12-7-14(23)15(24)8-13(12)21(29)27-18/h2-8,19,25-26H,9-10H2,1H3,(H,27,29). The van der Waals surface area contributed by atoms with Gasteiger partial charge in [-0.1, -0.05) is 18.2 Å². The number of para-hydroxylation sites is 1. The first-order valence-electron chi connectivity index (χ1n) is 9.53. The summed E-state index contributed by atoms with van der Waals surface area (Å²) in [4.78, 5) is 33.0. The number of halogens is 2. The number of benzene rings is 2. The monoisotopic (exact) mass is 408 g/mol. The van der Waals surface area contributed by atoms with Crippen LogP contribution in [0.4, 0.5) is 8.78 Å². The third kappa shape index (κ3) is 2.80. The van der Waals surface area contributed by atoms with Crippen LogP contribution in [0.25, 0.3) is 21.7 Å². The third-order valence-electron chi connectivity index (χ3n) is 5.71. The lowest BCUT2D eigenvalue weighted by molar-refractivity contribution is 0.0718. The maximum Gasteiger partial charge on any atom is 0.270 e. The number of hydrogen-bond acceptors (Lipinski definition) is 3. The Hall–Kier alpha value is -3.52. The zero-order valence-electron chi connectivity index (χ0n) is 16.1. The van der Waals surface area contributed by atoms with Crippen molar-refractivity contribution in [1.29, 1.82) is 0 Å². The second-order valence-corrected chi connectivity index (χ2v) is 7.49. The van der Waals surface area contributed by atoms with Crippen molar-refractivity contribution in [3.63, 3.8) is 0 Å². The molecule has 3 N–H and O–H groups in total. The number of aromatic nitrogens is 2. The predicted octanol–water partition coefficient (Wildman–Crippen LogP) is 3.20.